The fourth-order valence-corrected chi connectivity index (χ4v) is 1.83. The number of halogens is 1. The average molecular weight is 303 g/mol. The Hall–Kier alpha value is -1.56. The van der Waals surface area contributed by atoms with Crippen molar-refractivity contribution in [1.29, 1.82) is 0 Å². The fraction of sp³-hybridized carbons (Fsp3) is 0.273. The topological polar surface area (TPSA) is 61.8 Å². The van der Waals surface area contributed by atoms with Gasteiger partial charge in [-0.2, -0.15) is 0 Å². The fourth-order valence-electron chi connectivity index (χ4n) is 1.33. The predicted molar refractivity (Wildman–Crippen MR) is 63.4 cm³/mol. The van der Waals surface area contributed by atoms with Crippen molar-refractivity contribution in [2.24, 2.45) is 0 Å². The first-order valence-corrected chi connectivity index (χ1v) is 5.39. The lowest BCUT2D eigenvalue weighted by atomic mass is 10.1. The van der Waals surface area contributed by atoms with Crippen molar-refractivity contribution in [2.75, 3.05) is 21.3 Å². The molecule has 0 amide bonds. The molecule has 1 aromatic carbocycles. The molecule has 0 heterocycles. The van der Waals surface area contributed by atoms with Crippen molar-refractivity contribution in [3.05, 3.63) is 27.7 Å². The first-order valence-electron chi connectivity index (χ1n) is 4.60. The van der Waals surface area contributed by atoms with E-state index in [1.165, 1.54) is 21.3 Å². The van der Waals surface area contributed by atoms with Crippen LogP contribution in [0.1, 0.15) is 20.7 Å². The summed E-state index contributed by atoms with van der Waals surface area (Å²) in [6.07, 6.45) is 0. The number of carbonyl (C=O) groups excluding carboxylic acids is 2. The van der Waals surface area contributed by atoms with E-state index >= 15 is 0 Å². The summed E-state index contributed by atoms with van der Waals surface area (Å²) in [5.74, 6) is -1.06. The normalized spacial score (nSPS) is 9.65. The van der Waals surface area contributed by atoms with Gasteiger partial charge in [0.05, 0.1) is 26.9 Å². The number of hydrogen-bond acceptors (Lipinski definition) is 5. The molecule has 0 aliphatic heterocycles. The number of esters is 2. The van der Waals surface area contributed by atoms with Crippen LogP contribution in [-0.2, 0) is 9.47 Å². The zero-order valence-electron chi connectivity index (χ0n) is 9.57. The second kappa shape index (κ2) is 5.67. The maximum absolute atomic E-state index is 11.7. The highest BCUT2D eigenvalue weighted by Crippen LogP contribution is 2.30. The molecule has 0 radical (unpaired) electrons. The molecule has 0 spiro atoms. The molecule has 5 nitrogen and oxygen atoms in total. The molecule has 0 saturated heterocycles. The monoisotopic (exact) mass is 302 g/mol. The minimum absolute atomic E-state index is 0.0382. The third-order valence-electron chi connectivity index (χ3n) is 2.12. The Labute approximate surface area is 107 Å². The first kappa shape index (κ1) is 13.5. The maximum Gasteiger partial charge on any atom is 0.342 e. The molecule has 1 rings (SSSR count). The molecule has 0 aliphatic carbocycles. The van der Waals surface area contributed by atoms with Crippen LogP contribution in [0.2, 0.25) is 0 Å². The minimum atomic E-state index is -0.663. The van der Waals surface area contributed by atoms with Gasteiger partial charge in [0.25, 0.3) is 0 Å². The SMILES string of the molecule is COC(=O)c1c(Br)ccc(OC)c1C(=O)OC. The highest BCUT2D eigenvalue weighted by molar-refractivity contribution is 9.10. The molecule has 0 N–H and O–H groups in total. The predicted octanol–water partition coefficient (Wildman–Crippen LogP) is 2.03. The second-order valence-corrected chi connectivity index (χ2v) is 3.84. The van der Waals surface area contributed by atoms with Gasteiger partial charge in [0.1, 0.15) is 11.3 Å². The Bertz CT molecular complexity index is 455. The van der Waals surface area contributed by atoms with Gasteiger partial charge in [-0.3, -0.25) is 0 Å². The third-order valence-corrected chi connectivity index (χ3v) is 2.78. The minimum Gasteiger partial charge on any atom is -0.496 e. The smallest absolute Gasteiger partial charge is 0.342 e. The van der Waals surface area contributed by atoms with Gasteiger partial charge >= 0.3 is 11.9 Å². The van der Waals surface area contributed by atoms with Crippen molar-refractivity contribution < 1.29 is 23.8 Å². The van der Waals surface area contributed by atoms with Crippen LogP contribution < -0.4 is 4.74 Å². The molecule has 0 unspecified atom stereocenters. The van der Waals surface area contributed by atoms with Crippen LogP contribution in [0.3, 0.4) is 0 Å². The summed E-state index contributed by atoms with van der Waals surface area (Å²) in [6, 6.07) is 3.15. The van der Waals surface area contributed by atoms with Crippen molar-refractivity contribution in [2.45, 2.75) is 0 Å². The summed E-state index contributed by atoms with van der Waals surface area (Å²) in [5.41, 5.74) is 0.120. The van der Waals surface area contributed by atoms with Crippen molar-refractivity contribution in [3.63, 3.8) is 0 Å². The van der Waals surface area contributed by atoms with Crippen LogP contribution in [0.5, 0.6) is 5.75 Å². The molecular formula is C11H11BrO5. The lowest BCUT2D eigenvalue weighted by Gasteiger charge is -2.12. The first-order chi connectivity index (χ1) is 8.06. The standard InChI is InChI=1S/C11H11BrO5/c1-15-7-5-4-6(12)8(10(13)16-2)9(7)11(14)17-3/h4-5H,1-3H3. The van der Waals surface area contributed by atoms with Gasteiger partial charge in [0.2, 0.25) is 0 Å². The maximum atomic E-state index is 11.7. The van der Waals surface area contributed by atoms with Crippen LogP contribution in [0.15, 0.2) is 16.6 Å². The number of ether oxygens (including phenoxy) is 3. The van der Waals surface area contributed by atoms with E-state index in [-0.39, 0.29) is 16.9 Å². The van der Waals surface area contributed by atoms with Gasteiger partial charge in [-0.15, -0.1) is 0 Å². The highest BCUT2D eigenvalue weighted by Gasteiger charge is 2.25. The Morgan fingerprint density at radius 2 is 1.53 bits per heavy atom. The van der Waals surface area contributed by atoms with Gasteiger partial charge in [0, 0.05) is 4.47 Å². The van der Waals surface area contributed by atoms with E-state index in [1.807, 2.05) is 0 Å². The Morgan fingerprint density at radius 3 is 2.00 bits per heavy atom. The molecule has 0 aromatic heterocycles. The van der Waals surface area contributed by atoms with Gasteiger partial charge in [-0.05, 0) is 28.1 Å². The number of carbonyl (C=O) groups is 2. The van der Waals surface area contributed by atoms with E-state index in [0.717, 1.165) is 0 Å². The van der Waals surface area contributed by atoms with E-state index in [9.17, 15) is 9.59 Å². The molecule has 0 bridgehead atoms. The number of benzene rings is 1. The van der Waals surface area contributed by atoms with Crippen LogP contribution in [-0.4, -0.2) is 33.3 Å². The largest absolute Gasteiger partial charge is 0.496 e. The molecule has 0 aliphatic rings. The van der Waals surface area contributed by atoms with Gasteiger partial charge in [-0.25, -0.2) is 9.59 Å². The molecule has 17 heavy (non-hydrogen) atoms. The van der Waals surface area contributed by atoms with Crippen molar-refractivity contribution >= 4 is 27.9 Å². The van der Waals surface area contributed by atoms with Gasteiger partial charge < -0.3 is 14.2 Å². The van der Waals surface area contributed by atoms with E-state index < -0.39 is 11.9 Å². The molecule has 6 heteroatoms. The summed E-state index contributed by atoms with van der Waals surface area (Å²) in [6.45, 7) is 0. The molecule has 0 fully saturated rings. The summed E-state index contributed by atoms with van der Waals surface area (Å²) in [5, 5.41) is 0. The summed E-state index contributed by atoms with van der Waals surface area (Å²) >= 11 is 3.19. The summed E-state index contributed by atoms with van der Waals surface area (Å²) < 4.78 is 14.7. The van der Waals surface area contributed by atoms with Gasteiger partial charge in [-0.1, -0.05) is 0 Å². The summed E-state index contributed by atoms with van der Waals surface area (Å²) in [7, 11) is 3.86. The lowest BCUT2D eigenvalue weighted by Crippen LogP contribution is -2.14. The Morgan fingerprint density at radius 1 is 1.00 bits per heavy atom. The van der Waals surface area contributed by atoms with E-state index in [4.69, 9.17) is 4.74 Å². The lowest BCUT2D eigenvalue weighted by molar-refractivity contribution is 0.0551. The Kier molecular flexibility index (Phi) is 4.51. The van der Waals surface area contributed by atoms with Crippen LogP contribution in [0.25, 0.3) is 0 Å². The van der Waals surface area contributed by atoms with Crippen LogP contribution in [0.4, 0.5) is 0 Å². The summed E-state index contributed by atoms with van der Waals surface area (Å²) in [4.78, 5) is 23.3. The van der Waals surface area contributed by atoms with E-state index in [2.05, 4.69) is 25.4 Å². The zero-order chi connectivity index (χ0) is 13.0. The van der Waals surface area contributed by atoms with E-state index in [1.54, 1.807) is 12.1 Å². The number of methoxy groups -OCH3 is 3. The second-order valence-electron chi connectivity index (χ2n) is 2.98. The van der Waals surface area contributed by atoms with Crippen molar-refractivity contribution in [1.82, 2.24) is 0 Å². The Balaban J connectivity index is 3.53. The van der Waals surface area contributed by atoms with Gasteiger partial charge in [0.15, 0.2) is 0 Å². The molecule has 0 saturated carbocycles. The quantitative estimate of drug-likeness (QED) is 0.800. The van der Waals surface area contributed by atoms with Crippen LogP contribution >= 0.6 is 15.9 Å². The number of rotatable bonds is 3. The molecule has 92 valence electrons. The molecule has 0 atom stereocenters. The highest BCUT2D eigenvalue weighted by atomic mass is 79.9. The zero-order valence-corrected chi connectivity index (χ0v) is 11.2. The molecular weight excluding hydrogens is 292 g/mol. The average Bonchev–Trinajstić information content (AvgIpc) is 2.36. The number of hydrogen-bond donors (Lipinski definition) is 0. The van der Waals surface area contributed by atoms with Crippen LogP contribution in [0, 0.1) is 0 Å². The van der Waals surface area contributed by atoms with E-state index in [0.29, 0.717) is 4.47 Å². The molecule has 1 aromatic rings. The third kappa shape index (κ3) is 2.58. The van der Waals surface area contributed by atoms with Crippen molar-refractivity contribution in [3.8, 4) is 5.75 Å².